The highest BCUT2D eigenvalue weighted by molar-refractivity contribution is 5.36. The van der Waals surface area contributed by atoms with Crippen molar-refractivity contribution in [1.82, 2.24) is 10.2 Å². The Labute approximate surface area is 66.6 Å². The van der Waals surface area contributed by atoms with Gasteiger partial charge in [-0.3, -0.25) is 0 Å². The maximum Gasteiger partial charge on any atom is 0.149 e. The molecule has 1 rings (SSSR count). The summed E-state index contributed by atoms with van der Waals surface area (Å²) in [5.74, 6) is 1.17. The molecule has 0 saturated heterocycles. The minimum Gasteiger partial charge on any atom is -0.382 e. The quantitative estimate of drug-likeness (QED) is 0.692. The molecule has 0 saturated carbocycles. The number of anilines is 1. The van der Waals surface area contributed by atoms with Gasteiger partial charge in [-0.15, -0.1) is 5.10 Å². The summed E-state index contributed by atoms with van der Waals surface area (Å²) in [6, 6.07) is 1.92. The monoisotopic (exact) mass is 151 g/mol. The normalized spacial score (nSPS) is 10.5. The van der Waals surface area contributed by atoms with Crippen molar-refractivity contribution in [2.24, 2.45) is 5.92 Å². The Balaban J connectivity index is 2.78. The van der Waals surface area contributed by atoms with Crippen molar-refractivity contribution in [2.45, 2.75) is 20.3 Å². The van der Waals surface area contributed by atoms with E-state index in [9.17, 15) is 0 Å². The predicted molar refractivity (Wildman–Crippen MR) is 45.0 cm³/mol. The van der Waals surface area contributed by atoms with Crippen molar-refractivity contribution < 1.29 is 0 Å². The summed E-state index contributed by atoms with van der Waals surface area (Å²) in [5.41, 5.74) is 6.69. The highest BCUT2D eigenvalue weighted by Crippen LogP contribution is 2.11. The summed E-state index contributed by atoms with van der Waals surface area (Å²) < 4.78 is 0. The maximum atomic E-state index is 5.60. The van der Waals surface area contributed by atoms with E-state index in [0.717, 1.165) is 12.0 Å². The van der Waals surface area contributed by atoms with Gasteiger partial charge in [0.25, 0.3) is 0 Å². The van der Waals surface area contributed by atoms with Crippen molar-refractivity contribution in [2.75, 3.05) is 5.73 Å². The Morgan fingerprint density at radius 3 is 2.82 bits per heavy atom. The molecule has 0 aliphatic carbocycles. The molecular formula is C8H13N3. The Morgan fingerprint density at radius 1 is 1.55 bits per heavy atom. The second-order valence-electron chi connectivity index (χ2n) is 3.04. The van der Waals surface area contributed by atoms with Crippen LogP contribution in [-0.4, -0.2) is 10.2 Å². The topological polar surface area (TPSA) is 51.8 Å². The van der Waals surface area contributed by atoms with Gasteiger partial charge in [-0.25, -0.2) is 0 Å². The number of aromatic nitrogens is 2. The molecule has 3 heteroatoms. The first-order valence-corrected chi connectivity index (χ1v) is 3.76. The zero-order valence-electron chi connectivity index (χ0n) is 6.91. The molecule has 0 atom stereocenters. The summed E-state index contributed by atoms with van der Waals surface area (Å²) in [6.07, 6.45) is 2.65. The van der Waals surface area contributed by atoms with Gasteiger partial charge < -0.3 is 5.73 Å². The molecule has 0 aromatic carbocycles. The van der Waals surface area contributed by atoms with E-state index >= 15 is 0 Å². The average molecular weight is 151 g/mol. The molecule has 0 bridgehead atoms. The van der Waals surface area contributed by atoms with E-state index in [1.54, 1.807) is 6.20 Å². The van der Waals surface area contributed by atoms with E-state index in [2.05, 4.69) is 24.0 Å². The molecule has 1 heterocycles. The van der Waals surface area contributed by atoms with Gasteiger partial charge in [0.2, 0.25) is 0 Å². The highest BCUT2D eigenvalue weighted by Gasteiger charge is 2.01. The van der Waals surface area contributed by atoms with Crippen LogP contribution in [0.1, 0.15) is 19.4 Å². The molecule has 1 aromatic heterocycles. The number of nitrogens with zero attached hydrogens (tertiary/aromatic N) is 2. The summed E-state index contributed by atoms with van der Waals surface area (Å²) in [4.78, 5) is 0. The minimum absolute atomic E-state index is 0.557. The molecule has 1 aromatic rings. The number of nitrogen functional groups attached to an aromatic ring is 1. The molecule has 11 heavy (non-hydrogen) atoms. The standard InChI is InChI=1S/C8H13N3/c1-6(2)5-7-3-4-10-11-8(7)9/h3-4,6H,5H2,1-2H3,(H2,9,11). The average Bonchev–Trinajstić information content (AvgIpc) is 1.93. The summed E-state index contributed by atoms with van der Waals surface area (Å²) in [6.45, 7) is 4.31. The van der Waals surface area contributed by atoms with Crippen LogP contribution in [0.25, 0.3) is 0 Å². The van der Waals surface area contributed by atoms with E-state index in [0.29, 0.717) is 11.7 Å². The van der Waals surface area contributed by atoms with Crippen LogP contribution in [0.4, 0.5) is 5.82 Å². The zero-order valence-corrected chi connectivity index (χ0v) is 6.91. The van der Waals surface area contributed by atoms with E-state index in [1.807, 2.05) is 6.07 Å². The van der Waals surface area contributed by atoms with Gasteiger partial charge in [-0.1, -0.05) is 13.8 Å². The largest absolute Gasteiger partial charge is 0.382 e. The van der Waals surface area contributed by atoms with Crippen LogP contribution in [0.15, 0.2) is 12.3 Å². The molecule has 0 spiro atoms. The van der Waals surface area contributed by atoms with E-state index in [1.165, 1.54) is 0 Å². The van der Waals surface area contributed by atoms with Gasteiger partial charge in [-0.05, 0) is 24.0 Å². The number of hydrogen-bond donors (Lipinski definition) is 1. The van der Waals surface area contributed by atoms with Crippen molar-refractivity contribution in [3.05, 3.63) is 17.8 Å². The molecule has 0 fully saturated rings. The lowest BCUT2D eigenvalue weighted by Crippen LogP contribution is -2.02. The Kier molecular flexibility index (Phi) is 2.41. The van der Waals surface area contributed by atoms with Crippen LogP contribution in [0, 0.1) is 5.92 Å². The van der Waals surface area contributed by atoms with Crippen LogP contribution in [0.5, 0.6) is 0 Å². The van der Waals surface area contributed by atoms with Gasteiger partial charge in [-0.2, -0.15) is 5.10 Å². The smallest absolute Gasteiger partial charge is 0.149 e. The fraction of sp³-hybridized carbons (Fsp3) is 0.500. The lowest BCUT2D eigenvalue weighted by Gasteiger charge is -2.05. The van der Waals surface area contributed by atoms with Crippen LogP contribution >= 0.6 is 0 Å². The van der Waals surface area contributed by atoms with E-state index in [-0.39, 0.29) is 0 Å². The molecule has 0 unspecified atom stereocenters. The Hall–Kier alpha value is -1.12. The second kappa shape index (κ2) is 3.32. The van der Waals surface area contributed by atoms with Gasteiger partial charge in [0.1, 0.15) is 5.82 Å². The SMILES string of the molecule is CC(C)Cc1ccnnc1N. The van der Waals surface area contributed by atoms with Crippen LogP contribution in [0.3, 0.4) is 0 Å². The number of nitrogens with two attached hydrogens (primary N) is 1. The van der Waals surface area contributed by atoms with Gasteiger partial charge in [0.05, 0.1) is 6.20 Å². The third-order valence-corrected chi connectivity index (χ3v) is 1.47. The fourth-order valence-electron chi connectivity index (χ4n) is 0.981. The maximum absolute atomic E-state index is 5.60. The minimum atomic E-state index is 0.557. The highest BCUT2D eigenvalue weighted by atomic mass is 15.1. The third kappa shape index (κ3) is 2.18. The summed E-state index contributed by atoms with van der Waals surface area (Å²) in [5, 5.41) is 7.44. The van der Waals surface area contributed by atoms with Crippen LogP contribution in [-0.2, 0) is 6.42 Å². The fourth-order valence-corrected chi connectivity index (χ4v) is 0.981. The van der Waals surface area contributed by atoms with Crippen LogP contribution < -0.4 is 5.73 Å². The third-order valence-electron chi connectivity index (χ3n) is 1.47. The first kappa shape index (κ1) is 7.98. The lowest BCUT2D eigenvalue weighted by atomic mass is 10.0. The van der Waals surface area contributed by atoms with Gasteiger partial charge >= 0.3 is 0 Å². The molecular weight excluding hydrogens is 138 g/mol. The first-order valence-electron chi connectivity index (χ1n) is 3.76. The molecule has 0 amide bonds. The second-order valence-corrected chi connectivity index (χ2v) is 3.04. The molecule has 0 aliphatic heterocycles. The van der Waals surface area contributed by atoms with E-state index < -0.39 is 0 Å². The number of rotatable bonds is 2. The predicted octanol–water partition coefficient (Wildman–Crippen LogP) is 1.26. The summed E-state index contributed by atoms with van der Waals surface area (Å²) >= 11 is 0. The van der Waals surface area contributed by atoms with Crippen molar-refractivity contribution >= 4 is 5.82 Å². The molecule has 2 N–H and O–H groups in total. The zero-order chi connectivity index (χ0) is 8.27. The first-order chi connectivity index (χ1) is 5.20. The Bertz CT molecular complexity index is 233. The van der Waals surface area contributed by atoms with Gasteiger partial charge in [0, 0.05) is 0 Å². The van der Waals surface area contributed by atoms with Crippen LogP contribution in [0.2, 0.25) is 0 Å². The number of hydrogen-bond acceptors (Lipinski definition) is 3. The van der Waals surface area contributed by atoms with Crippen molar-refractivity contribution in [3.8, 4) is 0 Å². The molecule has 3 nitrogen and oxygen atoms in total. The van der Waals surface area contributed by atoms with Crippen molar-refractivity contribution in [3.63, 3.8) is 0 Å². The summed E-state index contributed by atoms with van der Waals surface area (Å²) in [7, 11) is 0. The Morgan fingerprint density at radius 2 is 2.27 bits per heavy atom. The van der Waals surface area contributed by atoms with Gasteiger partial charge in [0.15, 0.2) is 0 Å². The lowest BCUT2D eigenvalue weighted by molar-refractivity contribution is 0.645. The molecule has 60 valence electrons. The van der Waals surface area contributed by atoms with E-state index in [4.69, 9.17) is 5.73 Å². The van der Waals surface area contributed by atoms with Crippen molar-refractivity contribution in [1.29, 1.82) is 0 Å². The molecule has 0 radical (unpaired) electrons. The molecule has 0 aliphatic rings.